The van der Waals surface area contributed by atoms with Gasteiger partial charge in [0.2, 0.25) is 5.91 Å². The lowest BCUT2D eigenvalue weighted by Crippen LogP contribution is -2.31. The van der Waals surface area contributed by atoms with Crippen LogP contribution >= 0.6 is 11.6 Å². The first-order valence-electron chi connectivity index (χ1n) is 8.64. The second kappa shape index (κ2) is 9.87. The second-order valence-corrected chi connectivity index (χ2v) is 6.51. The molecule has 1 aromatic carbocycles. The Balaban J connectivity index is 1.90. The van der Waals surface area contributed by atoms with Gasteiger partial charge < -0.3 is 20.1 Å². The van der Waals surface area contributed by atoms with E-state index in [2.05, 4.69) is 10.2 Å². The maximum atomic E-state index is 12.2. The van der Waals surface area contributed by atoms with Gasteiger partial charge in [0.1, 0.15) is 0 Å². The minimum atomic E-state index is -0.268. The lowest BCUT2D eigenvalue weighted by Gasteiger charge is -2.30. The van der Waals surface area contributed by atoms with Gasteiger partial charge in [-0.15, -0.1) is 0 Å². The van der Waals surface area contributed by atoms with Crippen LogP contribution in [-0.4, -0.2) is 50.5 Å². The molecule has 0 aliphatic carbocycles. The molecule has 1 heterocycles. The summed E-state index contributed by atoms with van der Waals surface area (Å²) < 4.78 is 5.13. The molecule has 2 rings (SSSR count). The molecule has 1 amide bonds. The van der Waals surface area contributed by atoms with E-state index in [9.17, 15) is 4.79 Å². The van der Waals surface area contributed by atoms with Gasteiger partial charge in [0.25, 0.3) is 0 Å². The predicted octanol–water partition coefficient (Wildman–Crippen LogP) is 2.56. The summed E-state index contributed by atoms with van der Waals surface area (Å²) in [5.41, 5.74) is 1.97. The van der Waals surface area contributed by atoms with E-state index in [0.717, 1.165) is 24.3 Å². The summed E-state index contributed by atoms with van der Waals surface area (Å²) in [6.45, 7) is 5.07. The number of aliphatic hydroxyl groups excluding tert-OH is 1. The first-order valence-corrected chi connectivity index (χ1v) is 9.02. The zero-order chi connectivity index (χ0) is 17.4. The van der Waals surface area contributed by atoms with Gasteiger partial charge in [-0.05, 0) is 43.9 Å². The van der Waals surface area contributed by atoms with Crippen molar-refractivity contribution in [2.45, 2.75) is 32.1 Å². The number of halogens is 1. The summed E-state index contributed by atoms with van der Waals surface area (Å²) in [5.74, 6) is -0.319. The van der Waals surface area contributed by atoms with Crippen molar-refractivity contribution in [2.24, 2.45) is 0 Å². The van der Waals surface area contributed by atoms with E-state index in [0.29, 0.717) is 24.8 Å². The van der Waals surface area contributed by atoms with Gasteiger partial charge in [-0.2, -0.15) is 0 Å². The van der Waals surface area contributed by atoms with E-state index in [-0.39, 0.29) is 18.4 Å². The first kappa shape index (κ1) is 19.0. The van der Waals surface area contributed by atoms with Gasteiger partial charge in [-0.3, -0.25) is 4.79 Å². The van der Waals surface area contributed by atoms with Crippen LogP contribution in [0.3, 0.4) is 0 Å². The molecule has 0 saturated carbocycles. The number of nitrogens with zero attached hydrogens (tertiary/aromatic N) is 1. The normalized spacial score (nSPS) is 16.0. The summed E-state index contributed by atoms with van der Waals surface area (Å²) in [4.78, 5) is 14.5. The number of carbonyl (C=O) groups is 1. The van der Waals surface area contributed by atoms with Crippen LogP contribution in [0.25, 0.3) is 0 Å². The van der Waals surface area contributed by atoms with E-state index < -0.39 is 0 Å². The molecular weight excluding hydrogens is 328 g/mol. The van der Waals surface area contributed by atoms with Gasteiger partial charge in [-0.1, -0.05) is 17.7 Å². The average molecular weight is 355 g/mol. The van der Waals surface area contributed by atoms with Crippen LogP contribution in [0.4, 0.5) is 5.69 Å². The summed E-state index contributed by atoms with van der Waals surface area (Å²) in [5, 5.41) is 12.2. The molecule has 1 aliphatic rings. The monoisotopic (exact) mass is 354 g/mol. The van der Waals surface area contributed by atoms with Crippen molar-refractivity contribution in [1.82, 2.24) is 5.32 Å². The molecule has 0 bridgehead atoms. The summed E-state index contributed by atoms with van der Waals surface area (Å²) >= 11 is 6.46. The third-order valence-electron chi connectivity index (χ3n) is 4.34. The molecule has 0 radical (unpaired) electrons. The van der Waals surface area contributed by atoms with Crippen molar-refractivity contribution in [3.8, 4) is 0 Å². The Labute approximate surface area is 148 Å². The quantitative estimate of drug-likeness (QED) is 0.704. The smallest absolute Gasteiger partial charge is 0.227 e. The number of hydrogen-bond acceptors (Lipinski definition) is 4. The standard InChI is InChI=1S/C18H27ClN2O3/c1-14(18(23)20-7-11-24-12-10-22)15-5-6-17(16(19)13-15)21-8-3-2-4-9-21/h5-6,13-14,22H,2-4,7-12H2,1H3,(H,20,23). The number of carbonyl (C=O) groups excluding carboxylic acids is 1. The molecule has 0 aromatic heterocycles. The zero-order valence-corrected chi connectivity index (χ0v) is 15.0. The van der Waals surface area contributed by atoms with Crippen molar-refractivity contribution in [3.05, 3.63) is 28.8 Å². The van der Waals surface area contributed by atoms with Gasteiger partial charge in [-0.25, -0.2) is 0 Å². The highest BCUT2D eigenvalue weighted by molar-refractivity contribution is 6.33. The number of nitrogens with one attached hydrogen (secondary N) is 1. The number of amides is 1. The van der Waals surface area contributed by atoms with Crippen LogP contribution in [0, 0.1) is 0 Å². The van der Waals surface area contributed by atoms with Crippen molar-refractivity contribution in [3.63, 3.8) is 0 Å². The Kier molecular flexibility index (Phi) is 7.82. The predicted molar refractivity (Wildman–Crippen MR) is 96.8 cm³/mol. The van der Waals surface area contributed by atoms with E-state index in [1.807, 2.05) is 25.1 Å². The van der Waals surface area contributed by atoms with Crippen molar-refractivity contribution in [2.75, 3.05) is 44.4 Å². The Morgan fingerprint density at radius 3 is 2.75 bits per heavy atom. The highest BCUT2D eigenvalue weighted by Gasteiger charge is 2.18. The van der Waals surface area contributed by atoms with Crippen LogP contribution in [0.1, 0.15) is 37.7 Å². The molecule has 1 atom stereocenters. The lowest BCUT2D eigenvalue weighted by atomic mass is 9.99. The molecule has 1 saturated heterocycles. The molecule has 2 N–H and O–H groups in total. The topological polar surface area (TPSA) is 61.8 Å². The van der Waals surface area contributed by atoms with Crippen LogP contribution in [-0.2, 0) is 9.53 Å². The summed E-state index contributed by atoms with van der Waals surface area (Å²) in [6, 6.07) is 5.91. The number of anilines is 1. The van der Waals surface area contributed by atoms with E-state index in [1.165, 1.54) is 19.3 Å². The number of hydrogen-bond donors (Lipinski definition) is 2. The van der Waals surface area contributed by atoms with Gasteiger partial charge in [0.05, 0.1) is 36.4 Å². The van der Waals surface area contributed by atoms with Crippen molar-refractivity contribution < 1.29 is 14.6 Å². The number of piperidine rings is 1. The van der Waals surface area contributed by atoms with Crippen LogP contribution in [0.15, 0.2) is 18.2 Å². The average Bonchev–Trinajstić information content (AvgIpc) is 2.61. The minimum absolute atomic E-state index is 0.00772. The third kappa shape index (κ3) is 5.36. The SMILES string of the molecule is CC(C(=O)NCCOCCO)c1ccc(N2CCCCC2)c(Cl)c1. The number of benzene rings is 1. The molecule has 5 nitrogen and oxygen atoms in total. The van der Waals surface area contributed by atoms with E-state index in [4.69, 9.17) is 21.4 Å². The highest BCUT2D eigenvalue weighted by Crippen LogP contribution is 2.31. The molecule has 134 valence electrons. The molecule has 24 heavy (non-hydrogen) atoms. The molecular formula is C18H27ClN2O3. The highest BCUT2D eigenvalue weighted by atomic mass is 35.5. The summed E-state index contributed by atoms with van der Waals surface area (Å²) in [7, 11) is 0. The Morgan fingerprint density at radius 2 is 2.08 bits per heavy atom. The fraction of sp³-hybridized carbons (Fsp3) is 0.611. The number of aliphatic hydroxyl groups is 1. The maximum absolute atomic E-state index is 12.2. The van der Waals surface area contributed by atoms with E-state index in [1.54, 1.807) is 0 Å². The second-order valence-electron chi connectivity index (χ2n) is 6.11. The fourth-order valence-electron chi connectivity index (χ4n) is 2.90. The Bertz CT molecular complexity index is 533. The van der Waals surface area contributed by atoms with Crippen LogP contribution in [0.2, 0.25) is 5.02 Å². The third-order valence-corrected chi connectivity index (χ3v) is 4.65. The number of ether oxygens (including phenoxy) is 1. The molecule has 1 unspecified atom stereocenters. The van der Waals surface area contributed by atoms with Crippen LogP contribution in [0.5, 0.6) is 0 Å². The molecule has 6 heteroatoms. The zero-order valence-electron chi connectivity index (χ0n) is 14.3. The number of rotatable bonds is 8. The molecule has 1 aromatic rings. The molecule has 0 spiro atoms. The van der Waals surface area contributed by atoms with Gasteiger partial charge in [0, 0.05) is 19.6 Å². The Hall–Kier alpha value is -1.30. The van der Waals surface area contributed by atoms with Gasteiger partial charge in [0.15, 0.2) is 0 Å². The Morgan fingerprint density at radius 1 is 1.33 bits per heavy atom. The van der Waals surface area contributed by atoms with Crippen molar-refractivity contribution >= 4 is 23.2 Å². The minimum Gasteiger partial charge on any atom is -0.394 e. The van der Waals surface area contributed by atoms with Gasteiger partial charge >= 0.3 is 0 Å². The van der Waals surface area contributed by atoms with Crippen molar-refractivity contribution in [1.29, 1.82) is 0 Å². The maximum Gasteiger partial charge on any atom is 0.227 e. The largest absolute Gasteiger partial charge is 0.394 e. The fourth-order valence-corrected chi connectivity index (χ4v) is 3.21. The molecule has 1 fully saturated rings. The molecule has 1 aliphatic heterocycles. The summed E-state index contributed by atoms with van der Waals surface area (Å²) in [6.07, 6.45) is 3.69. The van der Waals surface area contributed by atoms with Crippen LogP contribution < -0.4 is 10.2 Å². The lowest BCUT2D eigenvalue weighted by molar-refractivity contribution is -0.122. The first-order chi connectivity index (χ1) is 11.6. The van der Waals surface area contributed by atoms with E-state index >= 15 is 0 Å².